The number of rotatable bonds is 7. The van der Waals surface area contributed by atoms with Gasteiger partial charge in [0.1, 0.15) is 0 Å². The lowest BCUT2D eigenvalue weighted by Crippen LogP contribution is -2.47. The van der Waals surface area contributed by atoms with E-state index in [1.807, 2.05) is 7.11 Å². The lowest BCUT2D eigenvalue weighted by Gasteiger charge is -2.36. The highest BCUT2D eigenvalue weighted by atomic mass is 28.4. The molecule has 1 atom stereocenters. The molecule has 6 heteroatoms. The van der Waals surface area contributed by atoms with E-state index in [4.69, 9.17) is 13.6 Å². The van der Waals surface area contributed by atoms with Crippen molar-refractivity contribution in [2.75, 3.05) is 40.5 Å². The first-order chi connectivity index (χ1) is 9.78. The number of nitrogens with zero attached hydrogens (tertiary/aromatic N) is 1. The highest BCUT2D eigenvalue weighted by molar-refractivity contribution is 6.71. The summed E-state index contributed by atoms with van der Waals surface area (Å²) in [6.07, 6.45) is 2.74. The van der Waals surface area contributed by atoms with Gasteiger partial charge in [-0.3, -0.25) is 0 Å². The van der Waals surface area contributed by atoms with Gasteiger partial charge in [-0.05, 0) is 64.2 Å². The summed E-state index contributed by atoms with van der Waals surface area (Å²) in [5.41, 5.74) is 0. The molecule has 1 saturated heterocycles. The minimum atomic E-state index is -1.49. The summed E-state index contributed by atoms with van der Waals surface area (Å²) >= 11 is 0. The number of hydrogen-bond acceptors (Lipinski definition) is 4. The third kappa shape index (κ3) is 7.90. The van der Waals surface area contributed by atoms with Gasteiger partial charge in [-0.2, -0.15) is 0 Å². The van der Waals surface area contributed by atoms with Crippen LogP contribution in [0.3, 0.4) is 0 Å². The molecule has 1 rings (SSSR count). The van der Waals surface area contributed by atoms with Gasteiger partial charge >= 0.3 is 0 Å². The van der Waals surface area contributed by atoms with Crippen LogP contribution in [-0.2, 0) is 13.6 Å². The van der Waals surface area contributed by atoms with E-state index in [0.29, 0.717) is 6.61 Å². The molecule has 0 N–H and O–H groups in total. The smallest absolute Gasteiger partial charge is 0.187 e. The molecule has 0 radical (unpaired) electrons. The Morgan fingerprint density at radius 2 is 2.00 bits per heavy atom. The molecule has 1 heterocycles. The van der Waals surface area contributed by atoms with Crippen LogP contribution in [-0.4, -0.2) is 68.1 Å². The minimum absolute atomic E-state index is 0.240. The predicted octanol–water partition coefficient (Wildman–Crippen LogP) is 3.17. The maximum absolute atomic E-state index is 6.37. The van der Waals surface area contributed by atoms with E-state index in [9.17, 15) is 0 Å². The quantitative estimate of drug-likeness (QED) is 0.670. The molecule has 21 heavy (non-hydrogen) atoms. The fourth-order valence-corrected chi connectivity index (χ4v) is 6.35. The Hall–Kier alpha value is 0.274. The zero-order valence-corrected chi connectivity index (χ0v) is 16.9. The van der Waals surface area contributed by atoms with Crippen molar-refractivity contribution < 1.29 is 13.6 Å². The van der Waals surface area contributed by atoms with E-state index in [-0.39, 0.29) is 6.10 Å². The fourth-order valence-electron chi connectivity index (χ4n) is 2.96. The predicted molar refractivity (Wildman–Crippen MR) is 94.0 cm³/mol. The molecule has 1 aliphatic rings. The summed E-state index contributed by atoms with van der Waals surface area (Å²) in [6, 6.07) is 2.48. The Bertz CT molecular complexity index is 301. The van der Waals surface area contributed by atoms with Crippen LogP contribution in [0.15, 0.2) is 0 Å². The molecule has 126 valence electrons. The molecule has 1 aliphatic heterocycles. The Labute approximate surface area is 133 Å². The van der Waals surface area contributed by atoms with Crippen molar-refractivity contribution in [2.45, 2.75) is 57.2 Å². The summed E-state index contributed by atoms with van der Waals surface area (Å²) in [5.74, 6) is 0. The Morgan fingerprint density at radius 3 is 2.62 bits per heavy atom. The van der Waals surface area contributed by atoms with Gasteiger partial charge < -0.3 is 18.5 Å². The molecule has 1 unspecified atom stereocenters. The Balaban J connectivity index is 2.46. The van der Waals surface area contributed by atoms with Crippen LogP contribution in [0.4, 0.5) is 0 Å². The second-order valence-corrected chi connectivity index (χ2v) is 16.1. The van der Waals surface area contributed by atoms with E-state index >= 15 is 0 Å². The number of hydrogen-bond donors (Lipinski definition) is 0. The summed E-state index contributed by atoms with van der Waals surface area (Å²) < 4.78 is 17.4. The number of methoxy groups -OCH3 is 1. The lowest BCUT2D eigenvalue weighted by molar-refractivity contribution is 0.0425. The maximum atomic E-state index is 6.37. The van der Waals surface area contributed by atoms with Gasteiger partial charge in [0.2, 0.25) is 0 Å². The minimum Gasteiger partial charge on any atom is -0.420 e. The Kier molecular flexibility index (Phi) is 8.09. The second-order valence-electron chi connectivity index (χ2n) is 7.43. The molecule has 0 spiro atoms. The largest absolute Gasteiger partial charge is 0.420 e. The van der Waals surface area contributed by atoms with E-state index < -0.39 is 16.6 Å². The van der Waals surface area contributed by atoms with Crippen LogP contribution in [0.1, 0.15) is 12.8 Å². The highest BCUT2D eigenvalue weighted by Crippen LogP contribution is 2.21. The molecular weight excluding hydrogens is 298 g/mol. The molecule has 0 aromatic heterocycles. The van der Waals surface area contributed by atoms with E-state index in [2.05, 4.69) is 31.1 Å². The molecule has 0 aromatic carbocycles. The maximum Gasteiger partial charge on any atom is 0.187 e. The van der Waals surface area contributed by atoms with Crippen molar-refractivity contribution >= 4 is 16.6 Å². The summed E-state index contributed by atoms with van der Waals surface area (Å²) in [7, 11) is 0.725. The van der Waals surface area contributed by atoms with E-state index in [1.165, 1.54) is 31.5 Å². The van der Waals surface area contributed by atoms with Crippen molar-refractivity contribution in [3.8, 4) is 0 Å². The second kappa shape index (κ2) is 8.79. The molecule has 4 nitrogen and oxygen atoms in total. The number of ether oxygens (including phenoxy) is 1. The van der Waals surface area contributed by atoms with E-state index in [1.54, 1.807) is 7.11 Å². The van der Waals surface area contributed by atoms with Crippen LogP contribution in [0, 0.1) is 0 Å². The summed E-state index contributed by atoms with van der Waals surface area (Å²) in [6.45, 7) is 13.3. The topological polar surface area (TPSA) is 30.9 Å². The van der Waals surface area contributed by atoms with Crippen molar-refractivity contribution in [1.29, 1.82) is 0 Å². The van der Waals surface area contributed by atoms with Gasteiger partial charge in [0.25, 0.3) is 0 Å². The van der Waals surface area contributed by atoms with E-state index in [0.717, 1.165) is 13.1 Å². The average Bonchev–Trinajstić information content (AvgIpc) is 2.36. The highest BCUT2D eigenvalue weighted by Gasteiger charge is 2.30. The van der Waals surface area contributed by atoms with Crippen LogP contribution in [0.25, 0.3) is 0 Å². The molecule has 0 amide bonds. The summed E-state index contributed by atoms with van der Waals surface area (Å²) in [4.78, 5) is 2.56. The zero-order chi connectivity index (χ0) is 15.9. The van der Waals surface area contributed by atoms with Crippen molar-refractivity contribution in [1.82, 2.24) is 4.90 Å². The first kappa shape index (κ1) is 19.3. The SMILES string of the molecule is COCC1CN(CCC[Si](C)(C)OC)CCC[Si](C)(C)O1. The van der Waals surface area contributed by atoms with Crippen LogP contribution >= 0.6 is 0 Å². The third-order valence-electron chi connectivity index (χ3n) is 4.36. The third-order valence-corrected chi connectivity index (χ3v) is 9.55. The van der Waals surface area contributed by atoms with Gasteiger partial charge in [-0.15, -0.1) is 0 Å². The van der Waals surface area contributed by atoms with Gasteiger partial charge in [-0.25, -0.2) is 0 Å². The molecular formula is C15H35NO3Si2. The first-order valence-electron chi connectivity index (χ1n) is 8.22. The molecule has 0 aliphatic carbocycles. The average molecular weight is 334 g/mol. The Morgan fingerprint density at radius 1 is 1.29 bits per heavy atom. The molecule has 0 saturated carbocycles. The van der Waals surface area contributed by atoms with Crippen molar-refractivity contribution in [2.24, 2.45) is 0 Å². The van der Waals surface area contributed by atoms with Crippen LogP contribution in [0.2, 0.25) is 38.3 Å². The van der Waals surface area contributed by atoms with Gasteiger partial charge in [0, 0.05) is 20.8 Å². The molecule has 0 bridgehead atoms. The lowest BCUT2D eigenvalue weighted by atomic mass is 10.3. The van der Waals surface area contributed by atoms with Gasteiger partial charge in [0.15, 0.2) is 16.6 Å². The van der Waals surface area contributed by atoms with Gasteiger partial charge in [0.05, 0.1) is 12.7 Å². The monoisotopic (exact) mass is 333 g/mol. The fraction of sp³-hybridized carbons (Fsp3) is 1.00. The first-order valence-corrected chi connectivity index (χ1v) is 14.5. The van der Waals surface area contributed by atoms with Gasteiger partial charge in [-0.1, -0.05) is 0 Å². The molecule has 0 aromatic rings. The summed E-state index contributed by atoms with van der Waals surface area (Å²) in [5, 5.41) is 0. The molecule has 1 fully saturated rings. The van der Waals surface area contributed by atoms with Crippen LogP contribution < -0.4 is 0 Å². The zero-order valence-electron chi connectivity index (χ0n) is 14.9. The van der Waals surface area contributed by atoms with Crippen LogP contribution in [0.5, 0.6) is 0 Å². The normalized spacial score (nSPS) is 24.6. The van der Waals surface area contributed by atoms with Crippen molar-refractivity contribution in [3.63, 3.8) is 0 Å². The standard InChI is InChI=1S/C15H35NO3Si2/c1-17-14-15-13-16(9-7-11-20(3,4)18-2)10-8-12-21(5,6)19-15/h15H,7-14H2,1-6H3. The van der Waals surface area contributed by atoms with Crippen molar-refractivity contribution in [3.05, 3.63) is 0 Å².